The van der Waals surface area contributed by atoms with E-state index in [-0.39, 0.29) is 23.0 Å². The van der Waals surface area contributed by atoms with Crippen molar-refractivity contribution in [1.82, 2.24) is 5.43 Å². The van der Waals surface area contributed by atoms with Gasteiger partial charge in [0.05, 0.1) is 6.21 Å². The molecular formula is C15H12F3N3OS. The molecule has 0 saturated carbocycles. The van der Waals surface area contributed by atoms with Gasteiger partial charge in [-0.25, -0.2) is 13.2 Å². The number of benzene rings is 2. The second-order valence-electron chi connectivity index (χ2n) is 4.44. The topological polar surface area (TPSA) is 59.6 Å². The van der Waals surface area contributed by atoms with Crippen LogP contribution in [0.3, 0.4) is 0 Å². The summed E-state index contributed by atoms with van der Waals surface area (Å²) in [4.78, 5) is 0. The maximum absolute atomic E-state index is 13.6. The van der Waals surface area contributed by atoms with Crippen LogP contribution in [0, 0.1) is 17.5 Å². The first-order chi connectivity index (χ1) is 11.0. The summed E-state index contributed by atoms with van der Waals surface area (Å²) in [6, 6.07) is 6.89. The van der Waals surface area contributed by atoms with Crippen molar-refractivity contribution in [1.29, 1.82) is 0 Å². The van der Waals surface area contributed by atoms with E-state index in [0.717, 1.165) is 18.2 Å². The third-order valence-corrected chi connectivity index (χ3v) is 2.84. The third kappa shape index (κ3) is 4.96. The third-order valence-electron chi connectivity index (χ3n) is 2.75. The maximum atomic E-state index is 13.6. The Morgan fingerprint density at radius 1 is 1.17 bits per heavy atom. The quantitative estimate of drug-likeness (QED) is 0.500. The molecule has 4 nitrogen and oxygen atoms in total. The highest BCUT2D eigenvalue weighted by Crippen LogP contribution is 2.20. The molecule has 23 heavy (non-hydrogen) atoms. The number of nitrogens with zero attached hydrogens (tertiary/aromatic N) is 1. The normalized spacial score (nSPS) is 10.7. The van der Waals surface area contributed by atoms with Gasteiger partial charge in [-0.05, 0) is 36.5 Å². The second kappa shape index (κ2) is 7.59. The highest BCUT2D eigenvalue weighted by molar-refractivity contribution is 7.80. The molecule has 0 heterocycles. The molecule has 0 aliphatic heterocycles. The lowest BCUT2D eigenvalue weighted by Gasteiger charge is -2.10. The molecule has 0 aliphatic rings. The fraction of sp³-hybridized carbons (Fsp3) is 0.0667. The fourth-order valence-electron chi connectivity index (χ4n) is 1.70. The Bertz CT molecular complexity index is 753. The molecule has 2 rings (SSSR count). The van der Waals surface area contributed by atoms with Crippen molar-refractivity contribution in [2.24, 2.45) is 10.8 Å². The lowest BCUT2D eigenvalue weighted by Crippen LogP contribution is -2.24. The second-order valence-corrected chi connectivity index (χ2v) is 4.88. The van der Waals surface area contributed by atoms with Gasteiger partial charge in [0, 0.05) is 23.3 Å². The van der Waals surface area contributed by atoms with Crippen molar-refractivity contribution in [2.75, 3.05) is 0 Å². The molecule has 2 aromatic rings. The van der Waals surface area contributed by atoms with Gasteiger partial charge in [0.25, 0.3) is 0 Å². The highest BCUT2D eigenvalue weighted by Gasteiger charge is 2.08. The van der Waals surface area contributed by atoms with E-state index in [9.17, 15) is 13.2 Å². The summed E-state index contributed by atoms with van der Waals surface area (Å²) < 4.78 is 45.2. The van der Waals surface area contributed by atoms with Crippen molar-refractivity contribution in [3.05, 3.63) is 65.0 Å². The minimum Gasteiger partial charge on any atom is -0.488 e. The van der Waals surface area contributed by atoms with Crippen LogP contribution in [-0.4, -0.2) is 11.3 Å². The maximum Gasteiger partial charge on any atom is 0.184 e. The number of nitrogens with two attached hydrogens (primary N) is 1. The number of rotatable bonds is 5. The number of halogens is 3. The van der Waals surface area contributed by atoms with Gasteiger partial charge in [-0.1, -0.05) is 0 Å². The van der Waals surface area contributed by atoms with Crippen LogP contribution >= 0.6 is 12.2 Å². The summed E-state index contributed by atoms with van der Waals surface area (Å²) in [5.74, 6) is -1.82. The Hall–Kier alpha value is -2.61. The zero-order chi connectivity index (χ0) is 16.8. The van der Waals surface area contributed by atoms with Crippen molar-refractivity contribution in [2.45, 2.75) is 6.61 Å². The average Bonchev–Trinajstić information content (AvgIpc) is 2.48. The molecule has 0 aromatic heterocycles. The molecule has 0 fully saturated rings. The van der Waals surface area contributed by atoms with Crippen LogP contribution in [-0.2, 0) is 6.61 Å². The van der Waals surface area contributed by atoms with E-state index >= 15 is 0 Å². The van der Waals surface area contributed by atoms with Crippen LogP contribution < -0.4 is 15.9 Å². The summed E-state index contributed by atoms with van der Waals surface area (Å²) in [6.07, 6.45) is 1.33. The van der Waals surface area contributed by atoms with Crippen LogP contribution in [0.4, 0.5) is 13.2 Å². The summed E-state index contributed by atoms with van der Waals surface area (Å²) in [5.41, 5.74) is 8.15. The zero-order valence-electron chi connectivity index (χ0n) is 11.7. The van der Waals surface area contributed by atoms with E-state index < -0.39 is 17.5 Å². The summed E-state index contributed by atoms with van der Waals surface area (Å²) in [6.45, 7) is -0.195. The average molecular weight is 339 g/mol. The number of hydrogen-bond donors (Lipinski definition) is 2. The smallest absolute Gasteiger partial charge is 0.184 e. The van der Waals surface area contributed by atoms with E-state index in [1.165, 1.54) is 24.4 Å². The van der Waals surface area contributed by atoms with Crippen molar-refractivity contribution >= 4 is 23.5 Å². The van der Waals surface area contributed by atoms with Gasteiger partial charge in [-0.3, -0.25) is 5.43 Å². The molecule has 0 atom stereocenters. The molecule has 0 bridgehead atoms. The number of thiocarbonyl (C=S) groups is 1. The van der Waals surface area contributed by atoms with E-state index in [2.05, 4.69) is 22.7 Å². The van der Waals surface area contributed by atoms with Crippen molar-refractivity contribution in [3.63, 3.8) is 0 Å². The predicted molar refractivity (Wildman–Crippen MR) is 84.6 cm³/mol. The van der Waals surface area contributed by atoms with Crippen LogP contribution in [0.5, 0.6) is 5.75 Å². The monoisotopic (exact) mass is 339 g/mol. The van der Waals surface area contributed by atoms with E-state index in [4.69, 9.17) is 10.5 Å². The van der Waals surface area contributed by atoms with Crippen LogP contribution in [0.2, 0.25) is 0 Å². The number of hydrogen-bond acceptors (Lipinski definition) is 3. The molecule has 0 amide bonds. The van der Waals surface area contributed by atoms with Gasteiger partial charge in [-0.15, -0.1) is 0 Å². The van der Waals surface area contributed by atoms with Gasteiger partial charge >= 0.3 is 0 Å². The standard InChI is InChI=1S/C15H12F3N3OS/c16-11-4-2-10(13(18)5-11)8-22-14-6-12(17)3-1-9(14)7-20-21-15(19)23/h1-7H,8H2,(H3,19,21,23). The minimum absolute atomic E-state index is 0.0285. The lowest BCUT2D eigenvalue weighted by atomic mass is 10.2. The minimum atomic E-state index is -0.744. The van der Waals surface area contributed by atoms with Crippen LogP contribution in [0.15, 0.2) is 41.5 Å². The Morgan fingerprint density at radius 2 is 1.87 bits per heavy atom. The van der Waals surface area contributed by atoms with Gasteiger partial charge in [0.15, 0.2) is 5.11 Å². The number of ether oxygens (including phenoxy) is 1. The van der Waals surface area contributed by atoms with Gasteiger partial charge in [0.1, 0.15) is 29.8 Å². The zero-order valence-corrected chi connectivity index (χ0v) is 12.5. The highest BCUT2D eigenvalue weighted by atomic mass is 32.1. The first kappa shape index (κ1) is 16.8. The molecule has 0 aliphatic carbocycles. The first-order valence-corrected chi connectivity index (χ1v) is 6.81. The van der Waals surface area contributed by atoms with Crippen LogP contribution in [0.25, 0.3) is 0 Å². The molecule has 0 spiro atoms. The predicted octanol–water partition coefficient (Wildman–Crippen LogP) is 2.85. The summed E-state index contributed by atoms with van der Waals surface area (Å²) in [5, 5.41) is 3.72. The molecule has 3 N–H and O–H groups in total. The molecular weight excluding hydrogens is 327 g/mol. The van der Waals surface area contributed by atoms with Crippen molar-refractivity contribution < 1.29 is 17.9 Å². The Balaban J connectivity index is 2.16. The van der Waals surface area contributed by atoms with Gasteiger partial charge in [0.2, 0.25) is 0 Å². The lowest BCUT2D eigenvalue weighted by molar-refractivity contribution is 0.297. The molecule has 0 saturated heterocycles. The molecule has 120 valence electrons. The van der Waals surface area contributed by atoms with E-state index in [1.807, 2.05) is 0 Å². The number of nitrogens with one attached hydrogen (secondary N) is 1. The number of hydrazone groups is 1. The Kier molecular flexibility index (Phi) is 5.53. The van der Waals surface area contributed by atoms with Crippen molar-refractivity contribution in [3.8, 4) is 5.75 Å². The van der Waals surface area contributed by atoms with E-state index in [1.54, 1.807) is 0 Å². The van der Waals surface area contributed by atoms with Gasteiger partial charge in [-0.2, -0.15) is 5.10 Å². The molecule has 0 unspecified atom stereocenters. The van der Waals surface area contributed by atoms with E-state index in [0.29, 0.717) is 5.56 Å². The largest absolute Gasteiger partial charge is 0.488 e. The van der Waals surface area contributed by atoms with Gasteiger partial charge < -0.3 is 10.5 Å². The molecule has 0 radical (unpaired) electrons. The first-order valence-electron chi connectivity index (χ1n) is 6.40. The summed E-state index contributed by atoms with van der Waals surface area (Å²) >= 11 is 4.59. The Labute approximate surface area is 135 Å². The SMILES string of the molecule is NC(=S)NN=Cc1ccc(F)cc1OCc1ccc(F)cc1F. The molecule has 2 aromatic carbocycles. The summed E-state index contributed by atoms with van der Waals surface area (Å²) in [7, 11) is 0. The fourth-order valence-corrected chi connectivity index (χ4v) is 1.75. The molecule has 8 heteroatoms. The Morgan fingerprint density at radius 3 is 2.57 bits per heavy atom. The van der Waals surface area contributed by atoms with Crippen LogP contribution in [0.1, 0.15) is 11.1 Å².